The van der Waals surface area contributed by atoms with Gasteiger partial charge in [0.05, 0.1) is 4.92 Å². The summed E-state index contributed by atoms with van der Waals surface area (Å²) in [7, 11) is 0. The van der Waals surface area contributed by atoms with Gasteiger partial charge in [0.15, 0.2) is 0 Å². The fraction of sp³-hybridized carbons (Fsp3) is 0.364. The molecule has 0 aliphatic carbocycles. The highest BCUT2D eigenvalue weighted by Crippen LogP contribution is 2.13. The zero-order valence-corrected chi connectivity index (χ0v) is 9.20. The lowest BCUT2D eigenvalue weighted by atomic mass is 10.0. The molecule has 0 saturated carbocycles. The van der Waals surface area contributed by atoms with Gasteiger partial charge >= 0.3 is 5.97 Å². The first-order valence-corrected chi connectivity index (χ1v) is 5.22. The van der Waals surface area contributed by atoms with Crippen molar-refractivity contribution in [2.45, 2.75) is 25.3 Å². The van der Waals surface area contributed by atoms with Gasteiger partial charge in [0, 0.05) is 12.1 Å². The summed E-state index contributed by atoms with van der Waals surface area (Å²) in [6, 6.07) is 5.38. The number of hydrogen-bond donors (Lipinski definition) is 2. The second-order valence-electron chi connectivity index (χ2n) is 3.76. The number of hydrogen-bond acceptors (Lipinski definition) is 4. The van der Waals surface area contributed by atoms with Crippen molar-refractivity contribution < 1.29 is 14.8 Å². The van der Waals surface area contributed by atoms with E-state index >= 15 is 0 Å². The Morgan fingerprint density at radius 2 is 2.00 bits per heavy atom. The number of carbonyl (C=O) groups is 1. The molecule has 1 atom stereocenters. The molecular weight excluding hydrogens is 224 g/mol. The van der Waals surface area contributed by atoms with Crippen LogP contribution in [0.4, 0.5) is 5.69 Å². The first-order valence-electron chi connectivity index (χ1n) is 5.22. The Bertz CT molecular complexity index is 402. The van der Waals surface area contributed by atoms with E-state index in [1.807, 2.05) is 0 Å². The average molecular weight is 238 g/mol. The molecule has 0 aliphatic rings. The van der Waals surface area contributed by atoms with Crippen molar-refractivity contribution in [1.29, 1.82) is 0 Å². The number of non-ortho nitro benzene ring substituents is 1. The van der Waals surface area contributed by atoms with Crippen molar-refractivity contribution >= 4 is 11.7 Å². The molecule has 0 heterocycles. The van der Waals surface area contributed by atoms with Crippen molar-refractivity contribution in [3.05, 3.63) is 39.9 Å². The molecule has 0 amide bonds. The maximum Gasteiger partial charge on any atom is 0.320 e. The lowest BCUT2D eigenvalue weighted by molar-refractivity contribution is -0.384. The summed E-state index contributed by atoms with van der Waals surface area (Å²) in [4.78, 5) is 20.4. The number of carboxylic acid groups (broad SMARTS) is 1. The molecule has 1 rings (SSSR count). The minimum Gasteiger partial charge on any atom is -0.480 e. The molecule has 3 N–H and O–H groups in total. The van der Waals surface area contributed by atoms with Crippen LogP contribution in [0.3, 0.4) is 0 Å². The second kappa shape index (κ2) is 5.95. The van der Waals surface area contributed by atoms with Crippen molar-refractivity contribution in [2.75, 3.05) is 0 Å². The van der Waals surface area contributed by atoms with E-state index in [2.05, 4.69) is 0 Å². The molecule has 0 unspecified atom stereocenters. The lowest BCUT2D eigenvalue weighted by Crippen LogP contribution is -2.29. The summed E-state index contributed by atoms with van der Waals surface area (Å²) in [5.41, 5.74) is 6.35. The Hall–Kier alpha value is -1.95. The summed E-state index contributed by atoms with van der Waals surface area (Å²) in [5, 5.41) is 19.0. The number of nitrogens with two attached hydrogens (primary N) is 1. The lowest BCUT2D eigenvalue weighted by Gasteiger charge is -2.05. The van der Waals surface area contributed by atoms with Gasteiger partial charge < -0.3 is 10.8 Å². The Morgan fingerprint density at radius 1 is 1.41 bits per heavy atom. The normalized spacial score (nSPS) is 12.1. The number of nitro benzene ring substituents is 1. The fourth-order valence-corrected chi connectivity index (χ4v) is 1.43. The molecule has 0 aliphatic heterocycles. The molecule has 0 radical (unpaired) electrons. The summed E-state index contributed by atoms with van der Waals surface area (Å²) in [5.74, 6) is -1.01. The highest BCUT2D eigenvalue weighted by atomic mass is 16.6. The Kier molecular flexibility index (Phi) is 4.59. The van der Waals surface area contributed by atoms with E-state index in [-0.39, 0.29) is 5.69 Å². The standard InChI is InChI=1S/C11H14N2O4/c12-10(11(14)15)3-1-2-8-4-6-9(7-5-8)13(16)17/h4-7,10H,1-3,12H2,(H,14,15)/t10-/m1/s1. The SMILES string of the molecule is N[C@H](CCCc1ccc([N+](=O)[O-])cc1)C(=O)O. The molecule has 0 aromatic heterocycles. The van der Waals surface area contributed by atoms with Gasteiger partial charge in [-0.05, 0) is 24.8 Å². The molecule has 92 valence electrons. The summed E-state index contributed by atoms with van der Waals surface area (Å²) in [6.45, 7) is 0. The smallest absolute Gasteiger partial charge is 0.320 e. The van der Waals surface area contributed by atoms with Crippen LogP contribution in [0.15, 0.2) is 24.3 Å². The van der Waals surface area contributed by atoms with E-state index in [1.165, 1.54) is 12.1 Å². The number of rotatable bonds is 6. The van der Waals surface area contributed by atoms with Gasteiger partial charge in [0.2, 0.25) is 0 Å². The Labute approximate surface area is 98.2 Å². The van der Waals surface area contributed by atoms with Gasteiger partial charge in [-0.2, -0.15) is 0 Å². The van der Waals surface area contributed by atoms with Crippen molar-refractivity contribution in [2.24, 2.45) is 5.73 Å². The van der Waals surface area contributed by atoms with Crippen molar-refractivity contribution in [3.63, 3.8) is 0 Å². The van der Waals surface area contributed by atoms with E-state index < -0.39 is 16.9 Å². The Morgan fingerprint density at radius 3 is 2.47 bits per heavy atom. The number of carboxylic acids is 1. The zero-order valence-electron chi connectivity index (χ0n) is 9.20. The molecule has 17 heavy (non-hydrogen) atoms. The second-order valence-corrected chi connectivity index (χ2v) is 3.76. The van der Waals surface area contributed by atoms with Crippen molar-refractivity contribution in [3.8, 4) is 0 Å². The molecule has 0 fully saturated rings. The minimum atomic E-state index is -1.01. The minimum absolute atomic E-state index is 0.0518. The zero-order chi connectivity index (χ0) is 12.8. The van der Waals surface area contributed by atoms with Crippen LogP contribution in [0.1, 0.15) is 18.4 Å². The summed E-state index contributed by atoms with van der Waals surface area (Å²) >= 11 is 0. The third-order valence-corrected chi connectivity index (χ3v) is 2.44. The molecule has 1 aromatic carbocycles. The third kappa shape index (κ3) is 4.20. The number of nitrogens with zero attached hydrogens (tertiary/aromatic N) is 1. The monoisotopic (exact) mass is 238 g/mol. The van der Waals surface area contributed by atoms with E-state index in [1.54, 1.807) is 12.1 Å². The molecule has 0 spiro atoms. The van der Waals surface area contributed by atoms with Crippen LogP contribution < -0.4 is 5.73 Å². The highest BCUT2D eigenvalue weighted by molar-refractivity contribution is 5.72. The van der Waals surface area contributed by atoms with Crippen LogP contribution in [-0.2, 0) is 11.2 Å². The summed E-state index contributed by atoms with van der Waals surface area (Å²) < 4.78 is 0. The predicted molar refractivity (Wildman–Crippen MR) is 61.6 cm³/mol. The topological polar surface area (TPSA) is 106 Å². The van der Waals surface area contributed by atoms with E-state index in [0.717, 1.165) is 5.56 Å². The van der Waals surface area contributed by atoms with Gasteiger partial charge in [-0.1, -0.05) is 12.1 Å². The van der Waals surface area contributed by atoms with Crippen LogP contribution in [-0.4, -0.2) is 22.0 Å². The highest BCUT2D eigenvalue weighted by Gasteiger charge is 2.10. The van der Waals surface area contributed by atoms with Gasteiger partial charge in [0.1, 0.15) is 6.04 Å². The van der Waals surface area contributed by atoms with Gasteiger partial charge in [-0.3, -0.25) is 14.9 Å². The summed E-state index contributed by atoms with van der Waals surface area (Å²) in [6.07, 6.45) is 1.70. The van der Waals surface area contributed by atoms with Gasteiger partial charge in [0.25, 0.3) is 5.69 Å². The molecule has 1 aromatic rings. The van der Waals surface area contributed by atoms with Gasteiger partial charge in [-0.15, -0.1) is 0 Å². The third-order valence-electron chi connectivity index (χ3n) is 2.44. The van der Waals surface area contributed by atoms with Gasteiger partial charge in [-0.25, -0.2) is 0 Å². The van der Waals surface area contributed by atoms with E-state index in [9.17, 15) is 14.9 Å². The fourth-order valence-electron chi connectivity index (χ4n) is 1.43. The van der Waals surface area contributed by atoms with Crippen LogP contribution in [0.5, 0.6) is 0 Å². The molecule has 6 nitrogen and oxygen atoms in total. The molecule has 6 heteroatoms. The van der Waals surface area contributed by atoms with E-state index in [4.69, 9.17) is 10.8 Å². The predicted octanol–water partition coefficient (Wildman–Crippen LogP) is 1.33. The number of benzene rings is 1. The number of nitro groups is 1. The average Bonchev–Trinajstić information content (AvgIpc) is 2.29. The molecule has 0 bridgehead atoms. The van der Waals surface area contributed by atoms with Crippen LogP contribution in [0.2, 0.25) is 0 Å². The Balaban J connectivity index is 2.42. The van der Waals surface area contributed by atoms with E-state index in [0.29, 0.717) is 19.3 Å². The number of aliphatic carboxylic acids is 1. The first-order chi connectivity index (χ1) is 8.00. The largest absolute Gasteiger partial charge is 0.480 e. The maximum absolute atomic E-state index is 10.5. The van der Waals surface area contributed by atoms with Crippen LogP contribution in [0.25, 0.3) is 0 Å². The van der Waals surface area contributed by atoms with Crippen LogP contribution in [0, 0.1) is 10.1 Å². The maximum atomic E-state index is 10.5. The molecular formula is C11H14N2O4. The number of aryl methyl sites for hydroxylation is 1. The first kappa shape index (κ1) is 13.1. The quantitative estimate of drug-likeness (QED) is 0.574. The van der Waals surface area contributed by atoms with Crippen LogP contribution >= 0.6 is 0 Å². The molecule has 0 saturated heterocycles. The van der Waals surface area contributed by atoms with Crippen molar-refractivity contribution in [1.82, 2.24) is 0 Å².